The predicted molar refractivity (Wildman–Crippen MR) is 192 cm³/mol. The van der Waals surface area contributed by atoms with Crippen LogP contribution in [0.5, 0.6) is 0 Å². The maximum absolute atomic E-state index is 11.7. The number of nitrogens with zero attached hydrogens (tertiary/aromatic N) is 1. The smallest absolute Gasteiger partial charge is 0.162 e. The first-order valence-corrected chi connectivity index (χ1v) is 17.3. The van der Waals surface area contributed by atoms with Crippen molar-refractivity contribution < 1.29 is 30.0 Å². The number of aliphatic hydroxyl groups excluding tert-OH is 1. The van der Waals surface area contributed by atoms with Crippen LogP contribution >= 0.6 is 0 Å². The largest absolute Gasteiger partial charge is 0.512 e. The predicted octanol–water partition coefficient (Wildman–Crippen LogP) is 12.0. The summed E-state index contributed by atoms with van der Waals surface area (Å²) in [5.41, 5.74) is 7.58. The third kappa shape index (κ3) is 9.17. The second-order valence-electron chi connectivity index (χ2n) is 14.0. The normalized spacial score (nSPS) is 15.1. The molecule has 1 heterocycles. The number of carbonyl (C=O) groups is 1. The summed E-state index contributed by atoms with van der Waals surface area (Å²) in [4.78, 5) is 16.8. The number of aryl methyl sites for hydroxylation is 2. The Hall–Kier alpha value is -2.81. The van der Waals surface area contributed by atoms with Crippen LogP contribution < -0.4 is 0 Å². The fourth-order valence-electron chi connectivity index (χ4n) is 7.03. The fraction of sp³-hybridized carbons (Fsp3) is 0.476. The van der Waals surface area contributed by atoms with Crippen molar-refractivity contribution in [2.75, 3.05) is 0 Å². The van der Waals surface area contributed by atoms with Crippen LogP contribution in [0.3, 0.4) is 0 Å². The molecule has 4 heteroatoms. The van der Waals surface area contributed by atoms with Crippen molar-refractivity contribution in [2.45, 2.75) is 113 Å². The Morgan fingerprint density at radius 1 is 0.935 bits per heavy atom. The summed E-state index contributed by atoms with van der Waals surface area (Å²) >= 11 is 0. The van der Waals surface area contributed by atoms with Crippen molar-refractivity contribution in [1.82, 2.24) is 4.98 Å². The summed E-state index contributed by atoms with van der Waals surface area (Å²) in [5, 5.41) is 13.8. The van der Waals surface area contributed by atoms with Gasteiger partial charge in [0.2, 0.25) is 0 Å². The van der Waals surface area contributed by atoms with Crippen molar-refractivity contribution in [3.63, 3.8) is 0 Å². The van der Waals surface area contributed by atoms with Crippen LogP contribution in [0.2, 0.25) is 0 Å². The van der Waals surface area contributed by atoms with Gasteiger partial charge in [-0.3, -0.25) is 9.78 Å². The molecule has 1 aliphatic carbocycles. The molecule has 3 nitrogen and oxygen atoms in total. The Labute approximate surface area is 291 Å². The van der Waals surface area contributed by atoms with E-state index in [1.807, 2.05) is 27.7 Å². The minimum Gasteiger partial charge on any atom is -0.512 e. The molecule has 1 aliphatic rings. The van der Waals surface area contributed by atoms with Crippen LogP contribution in [0.25, 0.3) is 32.9 Å². The first kappa shape index (κ1) is 37.6. The zero-order valence-electron chi connectivity index (χ0n) is 29.3. The molecule has 46 heavy (non-hydrogen) atoms. The maximum Gasteiger partial charge on any atom is 0.162 e. The van der Waals surface area contributed by atoms with Gasteiger partial charge in [0, 0.05) is 43.4 Å². The Morgan fingerprint density at radius 3 is 2.20 bits per heavy atom. The summed E-state index contributed by atoms with van der Waals surface area (Å²) in [6.07, 6.45) is 10.1. The number of benzene rings is 3. The molecule has 0 unspecified atom stereocenters. The number of allylic oxidation sites excluding steroid dienone is 2. The summed E-state index contributed by atoms with van der Waals surface area (Å²) in [7, 11) is 0. The molecule has 0 aliphatic heterocycles. The molecule has 3 aromatic carbocycles. The molecule has 249 valence electrons. The van der Waals surface area contributed by atoms with Crippen LogP contribution in [0, 0.1) is 37.2 Å². The molecular weight excluding hydrogens is 743 g/mol. The average molecular weight is 797 g/mol. The Morgan fingerprint density at radius 2 is 1.59 bits per heavy atom. The van der Waals surface area contributed by atoms with Gasteiger partial charge in [-0.1, -0.05) is 91.8 Å². The van der Waals surface area contributed by atoms with E-state index in [0.29, 0.717) is 11.3 Å². The van der Waals surface area contributed by atoms with Gasteiger partial charge in [0.1, 0.15) is 0 Å². The van der Waals surface area contributed by atoms with E-state index >= 15 is 0 Å². The number of aliphatic hydroxyl groups is 1. The van der Waals surface area contributed by atoms with Crippen molar-refractivity contribution in [3.8, 4) is 11.3 Å². The van der Waals surface area contributed by atoms with Gasteiger partial charge < -0.3 is 5.11 Å². The van der Waals surface area contributed by atoms with E-state index in [1.54, 1.807) is 0 Å². The number of aromatic nitrogens is 1. The molecule has 0 amide bonds. The monoisotopic (exact) mass is 797 g/mol. The second kappa shape index (κ2) is 16.8. The fourth-order valence-corrected chi connectivity index (χ4v) is 7.03. The van der Waals surface area contributed by atoms with Gasteiger partial charge in [0.25, 0.3) is 0 Å². The number of hydrogen-bond donors (Lipinski definition) is 1. The minimum absolute atomic E-state index is 0. The van der Waals surface area contributed by atoms with Crippen molar-refractivity contribution >= 4 is 27.5 Å². The average Bonchev–Trinajstić information content (AvgIpc) is 3.01. The maximum atomic E-state index is 11.7. The van der Waals surface area contributed by atoms with E-state index in [0.717, 1.165) is 48.0 Å². The van der Waals surface area contributed by atoms with Crippen LogP contribution in [-0.2, 0) is 24.9 Å². The minimum atomic E-state index is 0. The molecular formula is C42H54IrNO2-. The van der Waals surface area contributed by atoms with Gasteiger partial charge in [0.15, 0.2) is 5.78 Å². The molecule has 1 fully saturated rings. The molecule has 1 aromatic heterocycles. The number of fused-ring (bicyclic) bond motifs is 3. The number of hydrogen-bond acceptors (Lipinski definition) is 3. The SMILES string of the molecule is CCC(CC)C(=O)/C=C(\O)C(CC)CC.Cc1[c-]c(-c2ccc3c(ccc4cccc(C5CCC(C)(C)CC5)c43)n2)cc(C)c1.[Ir]. The standard InChI is InChI=1S/C29H30N.C13H24O2.Ir/c1-19-16-20(2)18-23(17-19)26-11-9-25-27(30-26)10-8-22-6-5-7-24(28(22)25)21-12-14-29(3,4)15-13-21;1-5-10(6-2)12(14)9-13(15)11(7-3)8-4;/h5-11,16-17,21H,12-15H2,1-4H3;9-11,14H,5-8H2,1-4H3;/q-1;;/b;12-9-;. The zero-order valence-corrected chi connectivity index (χ0v) is 31.7. The van der Waals surface area contributed by atoms with E-state index in [1.165, 1.54) is 59.0 Å². The third-order valence-corrected chi connectivity index (χ3v) is 10.0. The van der Waals surface area contributed by atoms with Crippen molar-refractivity contribution in [3.05, 3.63) is 89.2 Å². The Balaban J connectivity index is 0.000000309. The molecule has 0 spiro atoms. The van der Waals surface area contributed by atoms with E-state index < -0.39 is 0 Å². The van der Waals surface area contributed by atoms with Gasteiger partial charge in [-0.05, 0) is 90.8 Å². The zero-order chi connectivity index (χ0) is 32.7. The Kier molecular flexibility index (Phi) is 13.8. The van der Waals surface area contributed by atoms with Gasteiger partial charge in [-0.15, -0.1) is 34.9 Å². The van der Waals surface area contributed by atoms with Gasteiger partial charge in [0.05, 0.1) is 11.3 Å². The van der Waals surface area contributed by atoms with Crippen molar-refractivity contribution in [2.24, 2.45) is 17.3 Å². The van der Waals surface area contributed by atoms with E-state index in [2.05, 4.69) is 88.4 Å². The summed E-state index contributed by atoms with van der Waals surface area (Å²) in [6, 6.07) is 23.5. The number of rotatable bonds is 9. The molecule has 4 aromatic rings. The van der Waals surface area contributed by atoms with E-state index in [9.17, 15) is 9.90 Å². The topological polar surface area (TPSA) is 50.2 Å². The number of carbonyl (C=O) groups excluding carboxylic acids is 1. The van der Waals surface area contributed by atoms with Crippen molar-refractivity contribution in [1.29, 1.82) is 0 Å². The van der Waals surface area contributed by atoms with Gasteiger partial charge >= 0.3 is 0 Å². The molecule has 0 saturated heterocycles. The van der Waals surface area contributed by atoms with Crippen LogP contribution in [-0.4, -0.2) is 15.9 Å². The van der Waals surface area contributed by atoms with E-state index in [4.69, 9.17) is 4.98 Å². The van der Waals surface area contributed by atoms with Crippen LogP contribution in [0.4, 0.5) is 0 Å². The van der Waals surface area contributed by atoms with Gasteiger partial charge in [-0.25, -0.2) is 0 Å². The quantitative estimate of drug-likeness (QED) is 0.0794. The first-order chi connectivity index (χ1) is 21.5. The molecule has 1 radical (unpaired) electrons. The molecule has 5 rings (SSSR count). The molecule has 1 saturated carbocycles. The summed E-state index contributed by atoms with van der Waals surface area (Å²) < 4.78 is 0. The second-order valence-corrected chi connectivity index (χ2v) is 14.0. The van der Waals surface area contributed by atoms with Crippen LogP contribution in [0.15, 0.2) is 66.4 Å². The Bertz CT molecular complexity index is 1610. The van der Waals surface area contributed by atoms with Crippen LogP contribution in [0.1, 0.15) is 116 Å². The van der Waals surface area contributed by atoms with Gasteiger partial charge in [-0.2, -0.15) is 0 Å². The summed E-state index contributed by atoms with van der Waals surface area (Å²) in [5.74, 6) is 1.20. The number of pyridine rings is 1. The molecule has 0 bridgehead atoms. The molecule has 0 atom stereocenters. The summed E-state index contributed by atoms with van der Waals surface area (Å²) in [6.45, 7) is 17.1. The molecule has 1 N–H and O–H groups in total. The third-order valence-electron chi connectivity index (χ3n) is 10.0. The first-order valence-electron chi connectivity index (χ1n) is 17.3. The van der Waals surface area contributed by atoms with E-state index in [-0.39, 0.29) is 43.5 Å². The number of ketones is 1.